The standard InChI is InChI=1S/C14H20N4O3S/c1-15-13-17-10(7-22-13)11(19)18-4-2-14(3-5-18)6-9(12(20)21)16-8-14/h7,9,16H,2-6,8H2,1H3,(H,15,17)(H,20,21). The van der Waals surface area contributed by atoms with Gasteiger partial charge in [-0.2, -0.15) is 0 Å². The van der Waals surface area contributed by atoms with E-state index in [0.29, 0.717) is 25.2 Å². The smallest absolute Gasteiger partial charge is 0.320 e. The summed E-state index contributed by atoms with van der Waals surface area (Å²) in [6.07, 6.45) is 2.35. The second-order valence-electron chi connectivity index (χ2n) is 6.06. The van der Waals surface area contributed by atoms with Gasteiger partial charge in [0.15, 0.2) is 5.13 Å². The molecule has 1 unspecified atom stereocenters. The van der Waals surface area contributed by atoms with E-state index in [9.17, 15) is 9.59 Å². The molecule has 22 heavy (non-hydrogen) atoms. The quantitative estimate of drug-likeness (QED) is 0.763. The zero-order chi connectivity index (χ0) is 15.7. The van der Waals surface area contributed by atoms with Gasteiger partial charge in [0.05, 0.1) is 0 Å². The molecule has 3 N–H and O–H groups in total. The first-order valence-electron chi connectivity index (χ1n) is 7.42. The van der Waals surface area contributed by atoms with Gasteiger partial charge in [-0.15, -0.1) is 11.3 Å². The van der Waals surface area contributed by atoms with E-state index in [0.717, 1.165) is 24.5 Å². The number of thiazole rings is 1. The molecule has 2 saturated heterocycles. The van der Waals surface area contributed by atoms with Crippen molar-refractivity contribution >= 4 is 28.3 Å². The van der Waals surface area contributed by atoms with E-state index < -0.39 is 12.0 Å². The van der Waals surface area contributed by atoms with E-state index >= 15 is 0 Å². The first-order valence-corrected chi connectivity index (χ1v) is 8.30. The van der Waals surface area contributed by atoms with Gasteiger partial charge in [-0.3, -0.25) is 9.59 Å². The molecule has 1 spiro atoms. The van der Waals surface area contributed by atoms with Crippen LogP contribution in [0.1, 0.15) is 29.8 Å². The van der Waals surface area contributed by atoms with Gasteiger partial charge in [0.25, 0.3) is 5.91 Å². The summed E-state index contributed by atoms with van der Waals surface area (Å²) in [7, 11) is 1.78. The van der Waals surface area contributed by atoms with Gasteiger partial charge in [-0.1, -0.05) is 0 Å². The maximum atomic E-state index is 12.4. The normalized spacial score (nSPS) is 23.7. The van der Waals surface area contributed by atoms with Gasteiger partial charge in [-0.05, 0) is 24.7 Å². The molecule has 1 aromatic rings. The summed E-state index contributed by atoms with van der Waals surface area (Å²) in [5, 5.41) is 17.6. The molecule has 0 saturated carbocycles. The lowest BCUT2D eigenvalue weighted by Gasteiger charge is -2.38. The van der Waals surface area contributed by atoms with Crippen LogP contribution in [0.3, 0.4) is 0 Å². The van der Waals surface area contributed by atoms with Crippen LogP contribution in [0.4, 0.5) is 5.13 Å². The number of amides is 1. The summed E-state index contributed by atoms with van der Waals surface area (Å²) < 4.78 is 0. The Morgan fingerprint density at radius 2 is 2.23 bits per heavy atom. The fraction of sp³-hybridized carbons (Fsp3) is 0.643. The highest BCUT2D eigenvalue weighted by Crippen LogP contribution is 2.39. The molecule has 7 nitrogen and oxygen atoms in total. The summed E-state index contributed by atoms with van der Waals surface area (Å²) in [6.45, 7) is 2.06. The average molecular weight is 324 g/mol. The van der Waals surface area contributed by atoms with Crippen LogP contribution in [0.2, 0.25) is 0 Å². The topological polar surface area (TPSA) is 94.6 Å². The minimum Gasteiger partial charge on any atom is -0.480 e. The van der Waals surface area contributed by atoms with E-state index in [-0.39, 0.29) is 11.3 Å². The van der Waals surface area contributed by atoms with E-state index in [4.69, 9.17) is 5.11 Å². The third-order valence-electron chi connectivity index (χ3n) is 4.71. The van der Waals surface area contributed by atoms with Crippen LogP contribution in [0.5, 0.6) is 0 Å². The number of aromatic nitrogens is 1. The molecule has 3 rings (SSSR count). The molecule has 8 heteroatoms. The van der Waals surface area contributed by atoms with Crippen LogP contribution in [-0.4, -0.2) is 59.6 Å². The van der Waals surface area contributed by atoms with Crippen molar-refractivity contribution in [3.8, 4) is 0 Å². The molecule has 2 aliphatic rings. The van der Waals surface area contributed by atoms with E-state index in [2.05, 4.69) is 15.6 Å². The predicted octanol–water partition coefficient (Wildman–Crippen LogP) is 0.854. The molecule has 1 atom stereocenters. The first-order chi connectivity index (χ1) is 10.5. The third kappa shape index (κ3) is 2.80. The molecule has 0 radical (unpaired) electrons. The molecule has 120 valence electrons. The summed E-state index contributed by atoms with van der Waals surface area (Å²) in [4.78, 5) is 29.6. The molecule has 0 aromatic carbocycles. The Bertz CT molecular complexity index is 580. The second kappa shape index (κ2) is 5.85. The maximum Gasteiger partial charge on any atom is 0.320 e. The number of nitrogens with one attached hydrogen (secondary N) is 2. The fourth-order valence-corrected chi connectivity index (χ4v) is 3.95. The number of carboxylic acids is 1. The van der Waals surface area contributed by atoms with Gasteiger partial charge in [-0.25, -0.2) is 4.98 Å². The SMILES string of the molecule is CNc1nc(C(=O)N2CCC3(CC2)CNC(C(=O)O)C3)cs1. The second-order valence-corrected chi connectivity index (χ2v) is 6.91. The number of carboxylic acid groups (broad SMARTS) is 1. The third-order valence-corrected chi connectivity index (χ3v) is 5.57. The highest BCUT2D eigenvalue weighted by atomic mass is 32.1. The number of piperidine rings is 1. The Hall–Kier alpha value is -1.67. The number of likely N-dealkylation sites (tertiary alicyclic amines) is 1. The largest absolute Gasteiger partial charge is 0.480 e. The number of hydrogen-bond donors (Lipinski definition) is 3. The van der Waals surface area contributed by atoms with Crippen molar-refractivity contribution in [3.63, 3.8) is 0 Å². The Balaban J connectivity index is 1.60. The molecule has 1 amide bonds. The fourth-order valence-electron chi connectivity index (χ4n) is 3.31. The lowest BCUT2D eigenvalue weighted by molar-refractivity contribution is -0.139. The molecule has 0 bridgehead atoms. The molecule has 2 aliphatic heterocycles. The van der Waals surface area contributed by atoms with Crippen molar-refractivity contribution in [1.82, 2.24) is 15.2 Å². The van der Waals surface area contributed by atoms with Gasteiger partial charge in [0, 0.05) is 32.1 Å². The Morgan fingerprint density at radius 1 is 1.50 bits per heavy atom. The number of carbonyl (C=O) groups is 2. The van der Waals surface area contributed by atoms with Gasteiger partial charge in [0.2, 0.25) is 0 Å². The van der Waals surface area contributed by atoms with E-state index in [1.165, 1.54) is 11.3 Å². The molecule has 0 aliphatic carbocycles. The van der Waals surface area contributed by atoms with E-state index in [1.54, 1.807) is 12.4 Å². The van der Waals surface area contributed by atoms with Crippen molar-refractivity contribution in [1.29, 1.82) is 0 Å². The molecular weight excluding hydrogens is 304 g/mol. The van der Waals surface area contributed by atoms with Gasteiger partial charge in [0.1, 0.15) is 11.7 Å². The average Bonchev–Trinajstić information content (AvgIpc) is 3.15. The number of rotatable bonds is 3. The van der Waals surface area contributed by atoms with Crippen LogP contribution in [0.25, 0.3) is 0 Å². The van der Waals surface area contributed by atoms with Crippen molar-refractivity contribution in [2.24, 2.45) is 5.41 Å². The minimum absolute atomic E-state index is 0.0258. The lowest BCUT2D eigenvalue weighted by Crippen LogP contribution is -2.44. The zero-order valence-corrected chi connectivity index (χ0v) is 13.3. The summed E-state index contributed by atoms with van der Waals surface area (Å²) in [6, 6.07) is -0.445. The van der Waals surface area contributed by atoms with Crippen LogP contribution in [-0.2, 0) is 4.79 Å². The van der Waals surface area contributed by atoms with E-state index in [1.807, 2.05) is 4.90 Å². The van der Waals surface area contributed by atoms with Gasteiger partial charge < -0.3 is 20.6 Å². The highest BCUT2D eigenvalue weighted by Gasteiger charge is 2.44. The van der Waals surface area contributed by atoms with Crippen molar-refractivity contribution in [2.45, 2.75) is 25.3 Å². The highest BCUT2D eigenvalue weighted by molar-refractivity contribution is 7.13. The van der Waals surface area contributed by atoms with Crippen LogP contribution in [0, 0.1) is 5.41 Å². The van der Waals surface area contributed by atoms with Gasteiger partial charge >= 0.3 is 5.97 Å². The Labute approximate surface area is 132 Å². The summed E-state index contributed by atoms with van der Waals surface area (Å²) in [5.74, 6) is -0.814. The lowest BCUT2D eigenvalue weighted by atomic mass is 9.76. The number of aliphatic carboxylic acids is 1. The first kappa shape index (κ1) is 15.2. The van der Waals surface area contributed by atoms with Crippen molar-refractivity contribution in [3.05, 3.63) is 11.1 Å². The summed E-state index contributed by atoms with van der Waals surface area (Å²) >= 11 is 1.42. The predicted molar refractivity (Wildman–Crippen MR) is 83.3 cm³/mol. The number of anilines is 1. The Kier molecular flexibility index (Phi) is 4.05. The molecule has 2 fully saturated rings. The minimum atomic E-state index is -0.780. The number of nitrogens with zero attached hydrogens (tertiary/aromatic N) is 2. The van der Waals surface area contributed by atoms with Crippen molar-refractivity contribution < 1.29 is 14.7 Å². The summed E-state index contributed by atoms with van der Waals surface area (Å²) in [5.41, 5.74) is 0.510. The molecular formula is C14H20N4O3S. The molecule has 3 heterocycles. The molecule has 1 aromatic heterocycles. The van der Waals surface area contributed by atoms with Crippen LogP contribution >= 0.6 is 11.3 Å². The monoisotopic (exact) mass is 324 g/mol. The van der Waals surface area contributed by atoms with Crippen LogP contribution < -0.4 is 10.6 Å². The Morgan fingerprint density at radius 3 is 2.77 bits per heavy atom. The van der Waals surface area contributed by atoms with Crippen molar-refractivity contribution in [2.75, 3.05) is 32.0 Å². The number of hydrogen-bond acceptors (Lipinski definition) is 6. The van der Waals surface area contributed by atoms with Crippen LogP contribution in [0.15, 0.2) is 5.38 Å². The maximum absolute atomic E-state index is 12.4. The number of carbonyl (C=O) groups excluding carboxylic acids is 1. The zero-order valence-electron chi connectivity index (χ0n) is 12.5.